The fraction of sp³-hybridized carbons (Fsp3) is 0.500. The summed E-state index contributed by atoms with van der Waals surface area (Å²) in [5.41, 5.74) is 6.47. The highest BCUT2D eigenvalue weighted by Crippen LogP contribution is 2.04. The van der Waals surface area contributed by atoms with E-state index >= 15 is 0 Å². The maximum atomic E-state index is 11.8. The molecular formula is C14H22N2O3S. The zero-order valence-electron chi connectivity index (χ0n) is 11.7. The first-order valence-electron chi connectivity index (χ1n) is 6.67. The number of nitrogens with one attached hydrogen (secondary N) is 1. The van der Waals surface area contributed by atoms with Crippen LogP contribution in [0.1, 0.15) is 18.9 Å². The average Bonchev–Trinajstić information content (AvgIpc) is 2.38. The molecule has 6 heteroatoms. The molecule has 3 N–H and O–H groups in total. The molecule has 0 spiro atoms. The Hall–Kier alpha value is -1.40. The van der Waals surface area contributed by atoms with Crippen LogP contribution in [-0.4, -0.2) is 38.4 Å². The molecule has 0 saturated heterocycles. The van der Waals surface area contributed by atoms with Crippen LogP contribution in [-0.2, 0) is 21.1 Å². The van der Waals surface area contributed by atoms with Crippen LogP contribution in [0, 0.1) is 0 Å². The molecule has 0 aliphatic heterocycles. The lowest BCUT2D eigenvalue weighted by atomic mass is 10.1. The van der Waals surface area contributed by atoms with Gasteiger partial charge in [-0.05, 0) is 25.3 Å². The van der Waals surface area contributed by atoms with E-state index in [9.17, 15) is 13.2 Å². The monoisotopic (exact) mass is 298 g/mol. The van der Waals surface area contributed by atoms with Gasteiger partial charge >= 0.3 is 0 Å². The fourth-order valence-corrected chi connectivity index (χ4v) is 3.00. The van der Waals surface area contributed by atoms with Crippen LogP contribution in [0.15, 0.2) is 30.3 Å². The van der Waals surface area contributed by atoms with E-state index in [4.69, 9.17) is 5.73 Å². The van der Waals surface area contributed by atoms with E-state index in [0.717, 1.165) is 5.56 Å². The first kappa shape index (κ1) is 16.7. The molecule has 1 rings (SSSR count). The molecule has 0 aliphatic carbocycles. The SMILES string of the molecule is C[C@@H](CN)NC(=O)CS(=O)(=O)CCCc1ccccc1. The van der Waals surface area contributed by atoms with Crippen molar-refractivity contribution in [3.05, 3.63) is 35.9 Å². The van der Waals surface area contributed by atoms with Crippen molar-refractivity contribution < 1.29 is 13.2 Å². The maximum Gasteiger partial charge on any atom is 0.235 e. The molecule has 1 aromatic carbocycles. The average molecular weight is 298 g/mol. The topological polar surface area (TPSA) is 89.3 Å². The summed E-state index contributed by atoms with van der Waals surface area (Å²) in [4.78, 5) is 11.5. The van der Waals surface area contributed by atoms with Crippen LogP contribution < -0.4 is 11.1 Å². The molecule has 1 atom stereocenters. The van der Waals surface area contributed by atoms with Gasteiger partial charge in [0.1, 0.15) is 5.75 Å². The quantitative estimate of drug-likeness (QED) is 0.731. The zero-order chi connectivity index (χ0) is 15.0. The third kappa shape index (κ3) is 6.68. The maximum absolute atomic E-state index is 11.8. The number of hydrogen-bond donors (Lipinski definition) is 2. The van der Waals surface area contributed by atoms with E-state index in [1.165, 1.54) is 0 Å². The molecule has 0 aromatic heterocycles. The number of aryl methyl sites for hydroxylation is 1. The summed E-state index contributed by atoms with van der Waals surface area (Å²) < 4.78 is 23.6. The van der Waals surface area contributed by atoms with Gasteiger partial charge in [-0.1, -0.05) is 30.3 Å². The van der Waals surface area contributed by atoms with Crippen molar-refractivity contribution in [1.82, 2.24) is 5.32 Å². The largest absolute Gasteiger partial charge is 0.351 e. The molecule has 1 amide bonds. The van der Waals surface area contributed by atoms with E-state index in [1.807, 2.05) is 30.3 Å². The van der Waals surface area contributed by atoms with E-state index < -0.39 is 21.5 Å². The van der Waals surface area contributed by atoms with Crippen molar-refractivity contribution in [2.45, 2.75) is 25.8 Å². The Morgan fingerprint density at radius 1 is 1.30 bits per heavy atom. The van der Waals surface area contributed by atoms with Gasteiger partial charge in [-0.15, -0.1) is 0 Å². The van der Waals surface area contributed by atoms with Crippen molar-refractivity contribution >= 4 is 15.7 Å². The van der Waals surface area contributed by atoms with Crippen LogP contribution in [0.4, 0.5) is 0 Å². The molecule has 0 radical (unpaired) electrons. The van der Waals surface area contributed by atoms with Gasteiger partial charge in [0.25, 0.3) is 0 Å². The normalized spacial score (nSPS) is 12.9. The second-order valence-electron chi connectivity index (χ2n) is 4.89. The molecule has 0 heterocycles. The van der Waals surface area contributed by atoms with Gasteiger partial charge in [-0.2, -0.15) is 0 Å². The molecule has 5 nitrogen and oxygen atoms in total. The van der Waals surface area contributed by atoms with E-state index in [-0.39, 0.29) is 11.8 Å². The standard InChI is InChI=1S/C14H22N2O3S/c1-12(10-15)16-14(17)11-20(18,19)9-5-8-13-6-3-2-4-7-13/h2-4,6-7,12H,5,8-11,15H2,1H3,(H,16,17)/t12-/m0/s1. The first-order valence-corrected chi connectivity index (χ1v) is 8.49. The van der Waals surface area contributed by atoms with Crippen molar-refractivity contribution in [2.24, 2.45) is 5.73 Å². The predicted octanol–water partition coefficient (Wildman–Crippen LogP) is 0.497. The van der Waals surface area contributed by atoms with Crippen molar-refractivity contribution in [2.75, 3.05) is 18.1 Å². The number of rotatable bonds is 8. The van der Waals surface area contributed by atoms with Gasteiger partial charge in [0.2, 0.25) is 5.91 Å². The summed E-state index contributed by atoms with van der Waals surface area (Å²) in [5.74, 6) is -0.930. The third-order valence-corrected chi connectivity index (χ3v) is 4.49. The van der Waals surface area contributed by atoms with Crippen LogP contribution in [0.3, 0.4) is 0 Å². The Kier molecular flexibility index (Phi) is 6.67. The third-order valence-electron chi connectivity index (χ3n) is 2.88. The molecule has 0 bridgehead atoms. The molecule has 0 aliphatic rings. The summed E-state index contributed by atoms with van der Waals surface area (Å²) in [6.45, 7) is 2.03. The minimum absolute atomic E-state index is 0.0202. The van der Waals surface area contributed by atoms with Gasteiger partial charge in [0.15, 0.2) is 9.84 Å². The first-order chi connectivity index (χ1) is 9.43. The van der Waals surface area contributed by atoms with Crippen molar-refractivity contribution in [3.8, 4) is 0 Å². The molecule has 112 valence electrons. The van der Waals surface area contributed by atoms with Crippen LogP contribution in [0.25, 0.3) is 0 Å². The molecule has 20 heavy (non-hydrogen) atoms. The van der Waals surface area contributed by atoms with Gasteiger partial charge in [-0.25, -0.2) is 8.42 Å². The molecule has 0 saturated carbocycles. The number of benzene rings is 1. The summed E-state index contributed by atoms with van der Waals surface area (Å²) in [7, 11) is -3.36. The Balaban J connectivity index is 2.36. The lowest BCUT2D eigenvalue weighted by Crippen LogP contribution is -2.41. The predicted molar refractivity (Wildman–Crippen MR) is 80.1 cm³/mol. The number of amides is 1. The molecule has 1 aromatic rings. The Bertz CT molecular complexity index is 514. The second kappa shape index (κ2) is 8.01. The van der Waals surface area contributed by atoms with Crippen LogP contribution in [0.5, 0.6) is 0 Å². The highest BCUT2D eigenvalue weighted by molar-refractivity contribution is 7.92. The van der Waals surface area contributed by atoms with E-state index in [0.29, 0.717) is 19.4 Å². The van der Waals surface area contributed by atoms with Crippen LogP contribution >= 0.6 is 0 Å². The Morgan fingerprint density at radius 3 is 2.55 bits per heavy atom. The second-order valence-corrected chi connectivity index (χ2v) is 7.07. The van der Waals surface area contributed by atoms with Gasteiger partial charge < -0.3 is 11.1 Å². The highest BCUT2D eigenvalue weighted by Gasteiger charge is 2.17. The lowest BCUT2D eigenvalue weighted by molar-refractivity contribution is -0.119. The molecular weight excluding hydrogens is 276 g/mol. The Labute approximate surface area is 120 Å². The number of carbonyl (C=O) groups is 1. The van der Waals surface area contributed by atoms with Crippen molar-refractivity contribution in [1.29, 1.82) is 0 Å². The summed E-state index contributed by atoms with van der Waals surface area (Å²) in [6, 6.07) is 9.48. The fourth-order valence-electron chi connectivity index (χ4n) is 1.79. The number of sulfone groups is 1. The highest BCUT2D eigenvalue weighted by atomic mass is 32.2. The van der Waals surface area contributed by atoms with E-state index in [1.54, 1.807) is 6.92 Å². The number of hydrogen-bond acceptors (Lipinski definition) is 4. The Morgan fingerprint density at radius 2 is 1.95 bits per heavy atom. The van der Waals surface area contributed by atoms with E-state index in [2.05, 4.69) is 5.32 Å². The molecule has 0 fully saturated rings. The minimum atomic E-state index is -3.36. The summed E-state index contributed by atoms with van der Waals surface area (Å²) >= 11 is 0. The van der Waals surface area contributed by atoms with Crippen LogP contribution in [0.2, 0.25) is 0 Å². The smallest absolute Gasteiger partial charge is 0.235 e. The summed E-state index contributed by atoms with van der Waals surface area (Å²) in [5, 5.41) is 2.55. The number of carbonyl (C=O) groups excluding carboxylic acids is 1. The van der Waals surface area contributed by atoms with Crippen molar-refractivity contribution in [3.63, 3.8) is 0 Å². The lowest BCUT2D eigenvalue weighted by Gasteiger charge is -2.11. The molecule has 0 unspecified atom stereocenters. The zero-order valence-corrected chi connectivity index (χ0v) is 12.5. The summed E-state index contributed by atoms with van der Waals surface area (Å²) in [6.07, 6.45) is 1.22. The number of nitrogens with two attached hydrogens (primary N) is 1. The van der Waals surface area contributed by atoms with Gasteiger partial charge in [0.05, 0.1) is 5.75 Å². The van der Waals surface area contributed by atoms with Gasteiger partial charge in [-0.3, -0.25) is 4.79 Å². The minimum Gasteiger partial charge on any atom is -0.351 e. The van der Waals surface area contributed by atoms with Gasteiger partial charge in [0, 0.05) is 12.6 Å².